The Morgan fingerprint density at radius 1 is 1.20 bits per heavy atom. The number of nitrogens with zero attached hydrogens (tertiary/aromatic N) is 1. The summed E-state index contributed by atoms with van der Waals surface area (Å²) in [6, 6.07) is 4.86. The van der Waals surface area contributed by atoms with Crippen LogP contribution in [0.3, 0.4) is 0 Å². The number of amides is 4. The molecule has 1 heterocycles. The van der Waals surface area contributed by atoms with Gasteiger partial charge in [-0.1, -0.05) is 24.6 Å². The zero-order chi connectivity index (χ0) is 21.9. The maximum absolute atomic E-state index is 12.7. The first-order valence-electron chi connectivity index (χ1n) is 10.0. The highest BCUT2D eigenvalue weighted by atomic mass is 16.6. The molecule has 1 spiro atoms. The van der Waals surface area contributed by atoms with Crippen LogP contribution in [0, 0.1) is 19.8 Å². The normalized spacial score (nSPS) is 23.3. The van der Waals surface area contributed by atoms with Gasteiger partial charge in [-0.2, -0.15) is 5.01 Å². The van der Waals surface area contributed by atoms with Crippen molar-refractivity contribution in [2.45, 2.75) is 52.0 Å². The zero-order valence-electron chi connectivity index (χ0n) is 17.4. The van der Waals surface area contributed by atoms with E-state index in [1.165, 1.54) is 0 Å². The Hall–Kier alpha value is -3.10. The summed E-state index contributed by atoms with van der Waals surface area (Å²) < 4.78 is 10.3. The molecule has 0 unspecified atom stereocenters. The van der Waals surface area contributed by atoms with E-state index >= 15 is 0 Å². The molecule has 4 amide bonds. The van der Waals surface area contributed by atoms with Gasteiger partial charge in [-0.15, -0.1) is 0 Å². The van der Waals surface area contributed by atoms with E-state index < -0.39 is 36.0 Å². The quantitative estimate of drug-likeness (QED) is 0.539. The number of carbonyl (C=O) groups excluding carboxylic acids is 4. The average Bonchev–Trinajstić information content (AvgIpc) is 2.92. The van der Waals surface area contributed by atoms with Crippen LogP contribution in [-0.2, 0) is 19.1 Å². The summed E-state index contributed by atoms with van der Waals surface area (Å²) in [4.78, 5) is 48.8. The van der Waals surface area contributed by atoms with Crippen molar-refractivity contribution in [3.05, 3.63) is 29.3 Å². The van der Waals surface area contributed by atoms with E-state index in [4.69, 9.17) is 9.47 Å². The SMILES string of the molecule is Cc1ccc(OCC(=O)OCC(=O)NN2C(=O)NC3(CCC(C)CC3)C2=O)c(C)c1. The largest absolute Gasteiger partial charge is 0.482 e. The summed E-state index contributed by atoms with van der Waals surface area (Å²) in [6.07, 6.45) is 2.73. The Bertz CT molecular complexity index is 860. The molecule has 0 atom stereocenters. The van der Waals surface area contributed by atoms with E-state index in [-0.39, 0.29) is 6.61 Å². The molecule has 162 valence electrons. The summed E-state index contributed by atoms with van der Waals surface area (Å²) in [7, 11) is 0. The van der Waals surface area contributed by atoms with Crippen LogP contribution in [0.2, 0.25) is 0 Å². The lowest BCUT2D eigenvalue weighted by Gasteiger charge is -2.33. The third-order valence-electron chi connectivity index (χ3n) is 5.57. The molecule has 0 aromatic heterocycles. The van der Waals surface area contributed by atoms with Crippen LogP contribution in [0.15, 0.2) is 18.2 Å². The standard InChI is InChI=1S/C21H27N3O6/c1-13-6-8-21(9-7-13)19(27)24(20(28)22-21)23-17(25)11-30-18(26)12-29-16-5-4-14(2)10-15(16)3/h4-5,10,13H,6-9,11-12H2,1-3H3,(H,22,28)(H,23,25). The third kappa shape index (κ3) is 4.72. The first-order chi connectivity index (χ1) is 14.2. The predicted octanol–water partition coefficient (Wildman–Crippen LogP) is 1.76. The molecule has 9 nitrogen and oxygen atoms in total. The highest BCUT2D eigenvalue weighted by Crippen LogP contribution is 2.35. The minimum atomic E-state index is -0.951. The molecule has 1 aromatic carbocycles. The van der Waals surface area contributed by atoms with Crippen LogP contribution in [-0.4, -0.2) is 47.6 Å². The topological polar surface area (TPSA) is 114 Å². The van der Waals surface area contributed by atoms with Crippen molar-refractivity contribution >= 4 is 23.8 Å². The monoisotopic (exact) mass is 417 g/mol. The molecule has 0 radical (unpaired) electrons. The van der Waals surface area contributed by atoms with Gasteiger partial charge in [0.15, 0.2) is 13.2 Å². The predicted molar refractivity (Wildman–Crippen MR) is 106 cm³/mol. The van der Waals surface area contributed by atoms with Gasteiger partial charge in [-0.25, -0.2) is 9.59 Å². The Kier molecular flexibility index (Phi) is 6.28. The van der Waals surface area contributed by atoms with Gasteiger partial charge in [0, 0.05) is 0 Å². The van der Waals surface area contributed by atoms with Gasteiger partial charge < -0.3 is 14.8 Å². The summed E-state index contributed by atoms with van der Waals surface area (Å²) in [5.74, 6) is -0.945. The number of carbonyl (C=O) groups is 4. The van der Waals surface area contributed by atoms with E-state index in [2.05, 4.69) is 17.7 Å². The Morgan fingerprint density at radius 3 is 2.57 bits per heavy atom. The summed E-state index contributed by atoms with van der Waals surface area (Å²) in [6.45, 7) is 4.92. The van der Waals surface area contributed by atoms with E-state index in [1.807, 2.05) is 26.0 Å². The van der Waals surface area contributed by atoms with Crippen molar-refractivity contribution in [3.63, 3.8) is 0 Å². The lowest BCUT2D eigenvalue weighted by molar-refractivity contribution is -0.152. The van der Waals surface area contributed by atoms with E-state index in [0.717, 1.165) is 24.0 Å². The number of urea groups is 1. The number of hydrazine groups is 1. The maximum atomic E-state index is 12.7. The van der Waals surface area contributed by atoms with Crippen molar-refractivity contribution in [2.24, 2.45) is 5.92 Å². The Labute approximate surface area is 175 Å². The Balaban J connectivity index is 1.45. The third-order valence-corrected chi connectivity index (χ3v) is 5.57. The second kappa shape index (κ2) is 8.73. The van der Waals surface area contributed by atoms with Gasteiger partial charge in [0.2, 0.25) is 0 Å². The number of nitrogens with one attached hydrogen (secondary N) is 2. The molecule has 1 aliphatic heterocycles. The number of hydrogen-bond donors (Lipinski definition) is 2. The van der Waals surface area contributed by atoms with Crippen molar-refractivity contribution in [1.29, 1.82) is 0 Å². The van der Waals surface area contributed by atoms with E-state index in [9.17, 15) is 19.2 Å². The molecule has 1 saturated carbocycles. The molecule has 30 heavy (non-hydrogen) atoms. The lowest BCUT2D eigenvalue weighted by atomic mass is 9.77. The molecule has 1 aromatic rings. The van der Waals surface area contributed by atoms with Crippen molar-refractivity contribution in [2.75, 3.05) is 13.2 Å². The van der Waals surface area contributed by atoms with Gasteiger partial charge in [0.05, 0.1) is 0 Å². The molecule has 2 fully saturated rings. The van der Waals surface area contributed by atoms with Gasteiger partial charge in [0.1, 0.15) is 11.3 Å². The molecular formula is C21H27N3O6. The summed E-state index contributed by atoms with van der Waals surface area (Å²) in [5, 5.41) is 3.38. The molecule has 1 aliphatic carbocycles. The Morgan fingerprint density at radius 2 is 1.90 bits per heavy atom. The van der Waals surface area contributed by atoms with Crippen LogP contribution in [0.25, 0.3) is 0 Å². The number of hydrogen-bond acceptors (Lipinski definition) is 6. The van der Waals surface area contributed by atoms with Crippen molar-refractivity contribution in [3.8, 4) is 5.75 Å². The number of rotatable bonds is 6. The van der Waals surface area contributed by atoms with Crippen LogP contribution in [0.1, 0.15) is 43.7 Å². The van der Waals surface area contributed by atoms with Crippen LogP contribution in [0.4, 0.5) is 4.79 Å². The average molecular weight is 417 g/mol. The fourth-order valence-corrected chi connectivity index (χ4v) is 3.76. The second-order valence-electron chi connectivity index (χ2n) is 8.09. The minimum Gasteiger partial charge on any atom is -0.482 e. The van der Waals surface area contributed by atoms with Crippen LogP contribution in [0.5, 0.6) is 5.75 Å². The molecule has 1 saturated heterocycles. The zero-order valence-corrected chi connectivity index (χ0v) is 17.4. The van der Waals surface area contributed by atoms with Gasteiger partial charge in [-0.05, 0) is 57.1 Å². The smallest absolute Gasteiger partial charge is 0.344 e. The first kappa shape index (κ1) is 21.6. The number of imide groups is 1. The van der Waals surface area contributed by atoms with Gasteiger partial charge >= 0.3 is 12.0 Å². The highest BCUT2D eigenvalue weighted by molar-refractivity contribution is 6.08. The van der Waals surface area contributed by atoms with Crippen LogP contribution >= 0.6 is 0 Å². The molecule has 9 heteroatoms. The van der Waals surface area contributed by atoms with Crippen LogP contribution < -0.4 is 15.5 Å². The first-order valence-corrected chi connectivity index (χ1v) is 10.0. The maximum Gasteiger partial charge on any atom is 0.344 e. The van der Waals surface area contributed by atoms with E-state index in [1.54, 1.807) is 6.07 Å². The molecule has 0 bridgehead atoms. The summed E-state index contributed by atoms with van der Waals surface area (Å²) in [5.41, 5.74) is 3.22. The molecule has 3 rings (SSSR count). The lowest BCUT2D eigenvalue weighted by Crippen LogP contribution is -2.52. The van der Waals surface area contributed by atoms with E-state index in [0.29, 0.717) is 29.5 Å². The fraction of sp³-hybridized carbons (Fsp3) is 0.524. The van der Waals surface area contributed by atoms with Crippen molar-refractivity contribution < 1.29 is 28.7 Å². The molecule has 2 aliphatic rings. The van der Waals surface area contributed by atoms with Gasteiger partial charge in [-0.3, -0.25) is 15.0 Å². The number of benzene rings is 1. The van der Waals surface area contributed by atoms with Crippen molar-refractivity contribution in [1.82, 2.24) is 15.8 Å². The molecule has 2 N–H and O–H groups in total. The number of ether oxygens (including phenoxy) is 2. The van der Waals surface area contributed by atoms with Gasteiger partial charge in [0.25, 0.3) is 11.8 Å². The molecular weight excluding hydrogens is 390 g/mol. The summed E-state index contributed by atoms with van der Waals surface area (Å²) >= 11 is 0. The highest BCUT2D eigenvalue weighted by Gasteiger charge is 2.52. The number of aryl methyl sites for hydroxylation is 2. The fourth-order valence-electron chi connectivity index (χ4n) is 3.76. The second-order valence-corrected chi connectivity index (χ2v) is 8.09. The minimum absolute atomic E-state index is 0.360. The number of esters is 1.